The van der Waals surface area contributed by atoms with Gasteiger partial charge in [-0.3, -0.25) is 10.1 Å². The molecule has 0 amide bonds. The van der Waals surface area contributed by atoms with Crippen molar-refractivity contribution in [1.29, 1.82) is 5.26 Å². The standard InChI is InChI=1S/C9H8N2O3/c1-6-3-4-8(14-2)9(11(12)13)7(6)5-10/h3-4H,1-2H3. The highest BCUT2D eigenvalue weighted by atomic mass is 16.6. The Morgan fingerprint density at radius 1 is 1.57 bits per heavy atom. The van der Waals surface area contributed by atoms with Crippen molar-refractivity contribution in [2.45, 2.75) is 6.92 Å². The Hall–Kier alpha value is -2.09. The monoisotopic (exact) mass is 192 g/mol. The maximum atomic E-state index is 10.7. The van der Waals surface area contributed by atoms with Crippen LogP contribution in [-0.2, 0) is 0 Å². The van der Waals surface area contributed by atoms with Gasteiger partial charge in [-0.1, -0.05) is 6.07 Å². The highest BCUT2D eigenvalue weighted by Crippen LogP contribution is 2.32. The highest BCUT2D eigenvalue weighted by Gasteiger charge is 2.22. The average Bonchev–Trinajstić information content (AvgIpc) is 2.17. The number of hydrogen-bond donors (Lipinski definition) is 0. The quantitative estimate of drug-likeness (QED) is 0.528. The molecule has 0 saturated heterocycles. The molecule has 0 bridgehead atoms. The van der Waals surface area contributed by atoms with Crippen molar-refractivity contribution in [3.63, 3.8) is 0 Å². The van der Waals surface area contributed by atoms with Crippen LogP contribution in [0.2, 0.25) is 0 Å². The summed E-state index contributed by atoms with van der Waals surface area (Å²) in [5.74, 6) is 0.108. The first-order valence-electron chi connectivity index (χ1n) is 3.84. The zero-order chi connectivity index (χ0) is 10.7. The van der Waals surface area contributed by atoms with Gasteiger partial charge in [-0.2, -0.15) is 5.26 Å². The third kappa shape index (κ3) is 1.50. The van der Waals surface area contributed by atoms with E-state index in [1.165, 1.54) is 13.2 Å². The molecule has 1 rings (SSSR count). The molecule has 0 fully saturated rings. The van der Waals surface area contributed by atoms with Gasteiger partial charge in [0.15, 0.2) is 5.75 Å². The van der Waals surface area contributed by atoms with Crippen LogP contribution in [0, 0.1) is 28.4 Å². The third-order valence-electron chi connectivity index (χ3n) is 1.86. The van der Waals surface area contributed by atoms with E-state index in [2.05, 4.69) is 0 Å². The fourth-order valence-electron chi connectivity index (χ4n) is 1.16. The van der Waals surface area contributed by atoms with E-state index in [0.29, 0.717) is 5.56 Å². The second-order valence-electron chi connectivity index (χ2n) is 2.68. The van der Waals surface area contributed by atoms with Crippen LogP contribution < -0.4 is 4.74 Å². The van der Waals surface area contributed by atoms with E-state index in [0.717, 1.165) is 0 Å². The molecule has 0 unspecified atom stereocenters. The second-order valence-corrected chi connectivity index (χ2v) is 2.68. The zero-order valence-corrected chi connectivity index (χ0v) is 7.77. The minimum absolute atomic E-state index is 0.0503. The van der Waals surface area contributed by atoms with E-state index < -0.39 is 4.92 Å². The number of nitro benzene ring substituents is 1. The molecule has 1 aromatic carbocycles. The normalized spacial score (nSPS) is 9.21. The fraction of sp³-hybridized carbons (Fsp3) is 0.222. The van der Waals surface area contributed by atoms with Crippen LogP contribution in [-0.4, -0.2) is 12.0 Å². The minimum atomic E-state index is -0.607. The van der Waals surface area contributed by atoms with Crippen molar-refractivity contribution in [3.8, 4) is 11.8 Å². The number of nitro groups is 1. The van der Waals surface area contributed by atoms with E-state index in [1.807, 2.05) is 0 Å². The molecule has 0 aromatic heterocycles. The molecular weight excluding hydrogens is 184 g/mol. The predicted octanol–water partition coefficient (Wildman–Crippen LogP) is 1.78. The minimum Gasteiger partial charge on any atom is -0.490 e. The molecule has 14 heavy (non-hydrogen) atoms. The smallest absolute Gasteiger partial charge is 0.328 e. The molecule has 5 heteroatoms. The Morgan fingerprint density at radius 2 is 2.21 bits per heavy atom. The molecule has 0 radical (unpaired) electrons. The average molecular weight is 192 g/mol. The van der Waals surface area contributed by atoms with Crippen LogP contribution in [0.15, 0.2) is 12.1 Å². The van der Waals surface area contributed by atoms with E-state index in [-0.39, 0.29) is 17.0 Å². The molecule has 0 aliphatic heterocycles. The van der Waals surface area contributed by atoms with Crippen molar-refractivity contribution < 1.29 is 9.66 Å². The van der Waals surface area contributed by atoms with E-state index >= 15 is 0 Å². The first kappa shape index (κ1) is 9.99. The molecule has 0 saturated carbocycles. The van der Waals surface area contributed by atoms with Crippen LogP contribution in [0.1, 0.15) is 11.1 Å². The molecule has 1 aromatic rings. The predicted molar refractivity (Wildman–Crippen MR) is 49.1 cm³/mol. The number of hydrogen-bond acceptors (Lipinski definition) is 4. The summed E-state index contributed by atoms with van der Waals surface area (Å²) < 4.78 is 4.81. The van der Waals surface area contributed by atoms with Gasteiger partial charge in [0.05, 0.1) is 12.0 Å². The Labute approximate surface area is 80.7 Å². The lowest BCUT2D eigenvalue weighted by Crippen LogP contribution is -1.98. The molecule has 0 aliphatic rings. The van der Waals surface area contributed by atoms with Gasteiger partial charge >= 0.3 is 5.69 Å². The van der Waals surface area contributed by atoms with Gasteiger partial charge in [0, 0.05) is 0 Å². The largest absolute Gasteiger partial charge is 0.490 e. The molecular formula is C9H8N2O3. The van der Waals surface area contributed by atoms with Crippen LogP contribution in [0.3, 0.4) is 0 Å². The first-order valence-corrected chi connectivity index (χ1v) is 3.84. The Balaban J connectivity index is 3.54. The molecule has 0 spiro atoms. The number of rotatable bonds is 2. The summed E-state index contributed by atoms with van der Waals surface area (Å²) in [6.07, 6.45) is 0. The Morgan fingerprint density at radius 3 is 2.64 bits per heavy atom. The number of benzene rings is 1. The molecule has 0 atom stereocenters. The molecule has 0 N–H and O–H groups in total. The number of aryl methyl sites for hydroxylation is 1. The fourth-order valence-corrected chi connectivity index (χ4v) is 1.16. The van der Waals surface area contributed by atoms with E-state index in [4.69, 9.17) is 10.00 Å². The van der Waals surface area contributed by atoms with E-state index in [9.17, 15) is 10.1 Å². The van der Waals surface area contributed by atoms with Gasteiger partial charge in [0.2, 0.25) is 0 Å². The summed E-state index contributed by atoms with van der Waals surface area (Å²) in [5, 5.41) is 19.4. The summed E-state index contributed by atoms with van der Waals surface area (Å²) in [6, 6.07) is 4.89. The second kappa shape index (κ2) is 3.75. The zero-order valence-electron chi connectivity index (χ0n) is 7.77. The molecule has 0 heterocycles. The molecule has 72 valence electrons. The van der Waals surface area contributed by atoms with Crippen molar-refractivity contribution in [2.75, 3.05) is 7.11 Å². The van der Waals surface area contributed by atoms with Crippen LogP contribution in [0.4, 0.5) is 5.69 Å². The summed E-state index contributed by atoms with van der Waals surface area (Å²) >= 11 is 0. The first-order chi connectivity index (χ1) is 6.61. The lowest BCUT2D eigenvalue weighted by atomic mass is 10.1. The lowest BCUT2D eigenvalue weighted by Gasteiger charge is -2.04. The summed E-state index contributed by atoms with van der Waals surface area (Å²) in [5.41, 5.74) is 0.351. The van der Waals surface area contributed by atoms with Gasteiger partial charge in [-0.25, -0.2) is 0 Å². The van der Waals surface area contributed by atoms with Gasteiger partial charge in [0.25, 0.3) is 0 Å². The third-order valence-corrected chi connectivity index (χ3v) is 1.86. The Bertz CT molecular complexity index is 421. The van der Waals surface area contributed by atoms with Gasteiger partial charge < -0.3 is 4.74 Å². The van der Waals surface area contributed by atoms with Crippen LogP contribution in [0.5, 0.6) is 5.75 Å². The Kier molecular flexibility index (Phi) is 2.67. The lowest BCUT2D eigenvalue weighted by molar-refractivity contribution is -0.386. The number of methoxy groups -OCH3 is 1. The maximum Gasteiger partial charge on any atom is 0.328 e. The van der Waals surface area contributed by atoms with Crippen molar-refractivity contribution in [1.82, 2.24) is 0 Å². The van der Waals surface area contributed by atoms with Crippen LogP contribution >= 0.6 is 0 Å². The molecule has 0 aliphatic carbocycles. The highest BCUT2D eigenvalue weighted by molar-refractivity contribution is 5.61. The summed E-state index contributed by atoms with van der Waals surface area (Å²) in [4.78, 5) is 10.1. The van der Waals surface area contributed by atoms with Crippen molar-refractivity contribution in [3.05, 3.63) is 33.4 Å². The summed E-state index contributed by atoms with van der Waals surface area (Å²) in [6.45, 7) is 1.64. The van der Waals surface area contributed by atoms with Crippen LogP contribution in [0.25, 0.3) is 0 Å². The van der Waals surface area contributed by atoms with E-state index in [1.54, 1.807) is 19.1 Å². The van der Waals surface area contributed by atoms with Gasteiger partial charge in [-0.05, 0) is 18.6 Å². The SMILES string of the molecule is COc1ccc(C)c(C#N)c1[N+](=O)[O-]. The van der Waals surface area contributed by atoms with Gasteiger partial charge in [-0.15, -0.1) is 0 Å². The van der Waals surface area contributed by atoms with Crippen molar-refractivity contribution >= 4 is 5.69 Å². The summed E-state index contributed by atoms with van der Waals surface area (Å²) in [7, 11) is 1.33. The van der Waals surface area contributed by atoms with Gasteiger partial charge in [0.1, 0.15) is 11.6 Å². The number of nitrogens with zero attached hydrogens (tertiary/aromatic N) is 2. The maximum absolute atomic E-state index is 10.7. The molecule has 5 nitrogen and oxygen atoms in total. The number of ether oxygens (including phenoxy) is 1. The topological polar surface area (TPSA) is 76.2 Å². The number of nitriles is 1. The van der Waals surface area contributed by atoms with Crippen molar-refractivity contribution in [2.24, 2.45) is 0 Å².